The molecule has 0 amide bonds. The summed E-state index contributed by atoms with van der Waals surface area (Å²) in [5.41, 5.74) is 2.30. The molecule has 0 radical (unpaired) electrons. The van der Waals surface area contributed by atoms with E-state index in [1.807, 2.05) is 0 Å². The van der Waals surface area contributed by atoms with Crippen LogP contribution < -0.4 is 16.0 Å². The van der Waals surface area contributed by atoms with Gasteiger partial charge in [-0.3, -0.25) is 0 Å². The number of unbranched alkanes of at least 4 members (excludes halogenated alkanes) is 1. The fourth-order valence-corrected chi connectivity index (χ4v) is 2.36. The molecule has 1 heterocycles. The van der Waals surface area contributed by atoms with E-state index in [1.54, 1.807) is 0 Å². The van der Waals surface area contributed by atoms with E-state index in [1.165, 1.54) is 18.3 Å². The molecule has 0 bridgehead atoms. The van der Waals surface area contributed by atoms with Crippen LogP contribution in [0.3, 0.4) is 0 Å². The first-order valence-electron chi connectivity index (χ1n) is 6.10. The number of pyridine rings is 1. The molecule has 0 spiro atoms. The third kappa shape index (κ3) is 5.52. The number of hydrogen-bond donors (Lipinski definition) is 3. The number of rotatable bonds is 9. The number of anilines is 1. The largest absolute Gasteiger partial charge is 0.380 e. The Kier molecular flexibility index (Phi) is 6.71. The molecule has 0 aliphatic heterocycles. The van der Waals surface area contributed by atoms with Crippen LogP contribution in [0.1, 0.15) is 19.8 Å². The van der Waals surface area contributed by atoms with Crippen LogP contribution in [0.5, 0.6) is 0 Å². The van der Waals surface area contributed by atoms with Gasteiger partial charge in [0, 0.05) is 25.4 Å². The molecule has 1 aromatic heterocycles. The summed E-state index contributed by atoms with van der Waals surface area (Å²) in [6.07, 6.45) is 3.40. The lowest BCUT2D eigenvalue weighted by Crippen LogP contribution is -2.27. The van der Waals surface area contributed by atoms with Crippen molar-refractivity contribution < 1.29 is 13.2 Å². The second kappa shape index (κ2) is 8.05. The molecule has 4 N–H and O–H groups in total. The highest BCUT2D eigenvalue weighted by atomic mass is 32.2. The molecule has 8 heteroatoms. The summed E-state index contributed by atoms with van der Waals surface area (Å²) in [4.78, 5) is 3.96. The zero-order chi connectivity index (χ0) is 14.1. The van der Waals surface area contributed by atoms with E-state index in [0.29, 0.717) is 19.0 Å². The summed E-state index contributed by atoms with van der Waals surface area (Å²) in [7, 11) is -3.55. The maximum atomic E-state index is 11.9. The van der Waals surface area contributed by atoms with Crippen LogP contribution in [-0.4, -0.2) is 33.2 Å². The summed E-state index contributed by atoms with van der Waals surface area (Å²) < 4.78 is 31.6. The van der Waals surface area contributed by atoms with Crippen molar-refractivity contribution in [3.05, 3.63) is 18.3 Å². The third-order valence-corrected chi connectivity index (χ3v) is 3.83. The van der Waals surface area contributed by atoms with E-state index in [9.17, 15) is 8.42 Å². The van der Waals surface area contributed by atoms with Gasteiger partial charge in [0.15, 0.2) is 0 Å². The van der Waals surface area contributed by atoms with Gasteiger partial charge >= 0.3 is 0 Å². The molecular weight excluding hydrogens is 268 g/mol. The number of sulfonamides is 1. The first-order valence-corrected chi connectivity index (χ1v) is 7.58. The number of ether oxygens (including phenoxy) is 1. The van der Waals surface area contributed by atoms with Crippen molar-refractivity contribution in [2.75, 3.05) is 25.2 Å². The molecule has 7 nitrogen and oxygen atoms in total. The quantitative estimate of drug-likeness (QED) is 0.346. The van der Waals surface area contributed by atoms with E-state index in [2.05, 4.69) is 22.1 Å². The smallest absolute Gasteiger partial charge is 0.240 e. The summed E-state index contributed by atoms with van der Waals surface area (Å²) in [5.74, 6) is 5.48. The molecule has 0 unspecified atom stereocenters. The number of nitrogens with two attached hydrogens (primary N) is 1. The van der Waals surface area contributed by atoms with Gasteiger partial charge in [-0.2, -0.15) is 0 Å². The Bertz CT molecular complexity index is 479. The highest BCUT2D eigenvalue weighted by Crippen LogP contribution is 2.11. The van der Waals surface area contributed by atoms with Crippen LogP contribution in [0.15, 0.2) is 23.2 Å². The average molecular weight is 288 g/mol. The Balaban J connectivity index is 2.46. The monoisotopic (exact) mass is 288 g/mol. The van der Waals surface area contributed by atoms with Crippen molar-refractivity contribution in [1.29, 1.82) is 0 Å². The molecule has 0 aliphatic rings. The van der Waals surface area contributed by atoms with Gasteiger partial charge in [0.25, 0.3) is 0 Å². The number of hydrazine groups is 1. The van der Waals surface area contributed by atoms with Crippen LogP contribution in [-0.2, 0) is 14.8 Å². The molecular formula is C11H20N4O3S. The average Bonchev–Trinajstić information content (AvgIpc) is 2.43. The van der Waals surface area contributed by atoms with Gasteiger partial charge in [0.2, 0.25) is 10.0 Å². The summed E-state index contributed by atoms with van der Waals surface area (Å²) in [5, 5.41) is 0. The predicted molar refractivity (Wildman–Crippen MR) is 73.0 cm³/mol. The Hall–Kier alpha value is -1.22. The Labute approximate surface area is 113 Å². The van der Waals surface area contributed by atoms with Gasteiger partial charge in [-0.15, -0.1) is 0 Å². The second-order valence-electron chi connectivity index (χ2n) is 3.88. The Morgan fingerprint density at radius 2 is 2.21 bits per heavy atom. The summed E-state index contributed by atoms with van der Waals surface area (Å²) >= 11 is 0. The van der Waals surface area contributed by atoms with Crippen molar-refractivity contribution in [1.82, 2.24) is 9.71 Å². The minimum atomic E-state index is -3.55. The lowest BCUT2D eigenvalue weighted by molar-refractivity contribution is 0.136. The highest BCUT2D eigenvalue weighted by molar-refractivity contribution is 7.89. The highest BCUT2D eigenvalue weighted by Gasteiger charge is 2.13. The van der Waals surface area contributed by atoms with Crippen molar-refractivity contribution in [2.45, 2.75) is 24.7 Å². The van der Waals surface area contributed by atoms with E-state index in [0.717, 1.165) is 12.8 Å². The van der Waals surface area contributed by atoms with Gasteiger partial charge in [0.1, 0.15) is 5.82 Å². The molecule has 1 aromatic rings. The molecule has 0 saturated carbocycles. The SMILES string of the molecule is CCCCOCCNS(=O)(=O)c1ccnc(NN)c1. The topological polar surface area (TPSA) is 106 Å². The lowest BCUT2D eigenvalue weighted by atomic mass is 10.4. The number of nitrogens with zero attached hydrogens (tertiary/aromatic N) is 1. The molecule has 0 aliphatic carbocycles. The molecule has 1 rings (SSSR count). The summed E-state index contributed by atoms with van der Waals surface area (Å²) in [6.45, 7) is 3.30. The molecule has 0 fully saturated rings. The van der Waals surface area contributed by atoms with E-state index >= 15 is 0 Å². The van der Waals surface area contributed by atoms with Gasteiger partial charge in [-0.25, -0.2) is 24.0 Å². The van der Waals surface area contributed by atoms with Gasteiger partial charge in [-0.05, 0) is 12.5 Å². The van der Waals surface area contributed by atoms with Crippen LogP contribution in [0.25, 0.3) is 0 Å². The van der Waals surface area contributed by atoms with E-state index in [-0.39, 0.29) is 11.4 Å². The van der Waals surface area contributed by atoms with E-state index in [4.69, 9.17) is 10.6 Å². The fraction of sp³-hybridized carbons (Fsp3) is 0.545. The van der Waals surface area contributed by atoms with Crippen molar-refractivity contribution in [2.24, 2.45) is 5.84 Å². The zero-order valence-electron chi connectivity index (χ0n) is 10.9. The summed E-state index contributed by atoms with van der Waals surface area (Å²) in [6, 6.07) is 2.77. The molecule has 0 saturated heterocycles. The van der Waals surface area contributed by atoms with Gasteiger partial charge < -0.3 is 10.2 Å². The molecule has 108 valence electrons. The third-order valence-electron chi connectivity index (χ3n) is 2.37. The molecule has 0 aromatic carbocycles. The van der Waals surface area contributed by atoms with Crippen molar-refractivity contribution in [3.63, 3.8) is 0 Å². The fourth-order valence-electron chi connectivity index (χ4n) is 1.34. The normalized spacial score (nSPS) is 11.5. The van der Waals surface area contributed by atoms with E-state index < -0.39 is 10.0 Å². The predicted octanol–water partition coefficient (Wildman–Crippen LogP) is 0.462. The van der Waals surface area contributed by atoms with Crippen LogP contribution >= 0.6 is 0 Å². The van der Waals surface area contributed by atoms with Crippen LogP contribution in [0.2, 0.25) is 0 Å². The van der Waals surface area contributed by atoms with Crippen molar-refractivity contribution in [3.8, 4) is 0 Å². The number of aromatic nitrogens is 1. The standard InChI is InChI=1S/C11H20N4O3S/c1-2-3-7-18-8-6-14-19(16,17)10-4-5-13-11(9-10)15-12/h4-5,9,14H,2-3,6-8,12H2,1H3,(H,13,15). The lowest BCUT2D eigenvalue weighted by Gasteiger charge is -2.08. The number of nitrogens with one attached hydrogen (secondary N) is 2. The maximum absolute atomic E-state index is 11.9. The maximum Gasteiger partial charge on any atom is 0.240 e. The Morgan fingerprint density at radius 1 is 1.42 bits per heavy atom. The first kappa shape index (κ1) is 15.8. The Morgan fingerprint density at radius 3 is 2.89 bits per heavy atom. The molecule has 0 atom stereocenters. The minimum absolute atomic E-state index is 0.115. The minimum Gasteiger partial charge on any atom is -0.380 e. The van der Waals surface area contributed by atoms with Crippen LogP contribution in [0.4, 0.5) is 5.82 Å². The number of hydrogen-bond acceptors (Lipinski definition) is 6. The second-order valence-corrected chi connectivity index (χ2v) is 5.65. The molecule has 19 heavy (non-hydrogen) atoms. The zero-order valence-corrected chi connectivity index (χ0v) is 11.7. The first-order chi connectivity index (χ1) is 9.10. The van der Waals surface area contributed by atoms with Crippen LogP contribution in [0, 0.1) is 0 Å². The van der Waals surface area contributed by atoms with Gasteiger partial charge in [0.05, 0.1) is 11.5 Å². The van der Waals surface area contributed by atoms with Gasteiger partial charge in [-0.1, -0.05) is 13.3 Å². The number of nitrogen functional groups attached to an aromatic ring is 1. The van der Waals surface area contributed by atoms with Crippen molar-refractivity contribution >= 4 is 15.8 Å².